The second-order valence-electron chi connectivity index (χ2n) is 6.41. The van der Waals surface area contributed by atoms with Crippen LogP contribution in [0.4, 0.5) is 5.69 Å². The van der Waals surface area contributed by atoms with Gasteiger partial charge in [-0.05, 0) is 56.2 Å². The van der Waals surface area contributed by atoms with Crippen LogP contribution in [0.5, 0.6) is 0 Å². The number of ether oxygens (including phenoxy) is 1. The van der Waals surface area contributed by atoms with Crippen molar-refractivity contribution in [3.63, 3.8) is 0 Å². The van der Waals surface area contributed by atoms with Crippen molar-refractivity contribution in [1.29, 1.82) is 0 Å². The van der Waals surface area contributed by atoms with Gasteiger partial charge >= 0.3 is 5.97 Å². The number of pyridine rings is 1. The highest BCUT2D eigenvalue weighted by atomic mass is 32.2. The van der Waals surface area contributed by atoms with Crippen molar-refractivity contribution < 1.29 is 22.7 Å². The Hall–Kier alpha value is -2.78. The first-order valence-corrected chi connectivity index (χ1v) is 10.3. The zero-order chi connectivity index (χ0) is 20.1. The van der Waals surface area contributed by atoms with E-state index in [1.54, 1.807) is 12.1 Å². The molecule has 2 aromatic rings. The monoisotopic (exact) mass is 403 g/mol. The van der Waals surface area contributed by atoms with Crippen molar-refractivity contribution in [2.75, 3.05) is 18.4 Å². The smallest absolute Gasteiger partial charge is 0.340 e. The van der Waals surface area contributed by atoms with Gasteiger partial charge in [0, 0.05) is 31.2 Å². The van der Waals surface area contributed by atoms with Crippen molar-refractivity contribution in [2.45, 2.75) is 30.8 Å². The maximum Gasteiger partial charge on any atom is 0.340 e. The first kappa shape index (κ1) is 20.0. The van der Waals surface area contributed by atoms with Crippen LogP contribution in [0, 0.1) is 0 Å². The molecule has 2 heterocycles. The lowest BCUT2D eigenvalue weighted by atomic mass is 10.2. The van der Waals surface area contributed by atoms with Crippen LogP contribution in [-0.4, -0.2) is 48.8 Å². The Balaban J connectivity index is 1.60. The summed E-state index contributed by atoms with van der Waals surface area (Å²) >= 11 is 0. The van der Waals surface area contributed by atoms with Gasteiger partial charge in [0.1, 0.15) is 0 Å². The molecule has 3 rings (SSSR count). The third kappa shape index (κ3) is 4.55. The quantitative estimate of drug-likeness (QED) is 0.740. The van der Waals surface area contributed by atoms with Crippen LogP contribution in [0.2, 0.25) is 0 Å². The van der Waals surface area contributed by atoms with Gasteiger partial charge in [0.25, 0.3) is 5.91 Å². The molecule has 0 aliphatic carbocycles. The topological polar surface area (TPSA) is 106 Å². The van der Waals surface area contributed by atoms with E-state index in [1.807, 2.05) is 0 Å². The first-order valence-electron chi connectivity index (χ1n) is 8.90. The number of nitrogens with zero attached hydrogens (tertiary/aromatic N) is 2. The largest absolute Gasteiger partial charge is 0.449 e. The average molecular weight is 403 g/mol. The number of carbonyl (C=O) groups excluding carboxylic acids is 2. The van der Waals surface area contributed by atoms with Crippen molar-refractivity contribution in [3.05, 3.63) is 54.4 Å². The third-order valence-electron chi connectivity index (χ3n) is 4.37. The number of esters is 1. The fourth-order valence-electron chi connectivity index (χ4n) is 2.80. The molecule has 1 N–H and O–H groups in total. The highest BCUT2D eigenvalue weighted by molar-refractivity contribution is 7.89. The first-order chi connectivity index (χ1) is 13.4. The van der Waals surface area contributed by atoms with Crippen LogP contribution in [0.15, 0.2) is 53.7 Å². The lowest BCUT2D eigenvalue weighted by Gasteiger charge is -2.16. The van der Waals surface area contributed by atoms with Crippen molar-refractivity contribution in [2.24, 2.45) is 0 Å². The normalized spacial score (nSPS) is 15.8. The average Bonchev–Trinajstić information content (AvgIpc) is 3.25. The lowest BCUT2D eigenvalue weighted by molar-refractivity contribution is -0.123. The molecule has 1 aromatic heterocycles. The zero-order valence-electron chi connectivity index (χ0n) is 15.4. The number of hydrogen-bond donors (Lipinski definition) is 1. The molecule has 0 spiro atoms. The van der Waals surface area contributed by atoms with Gasteiger partial charge in [-0.3, -0.25) is 9.78 Å². The Labute approximate surface area is 163 Å². The fourth-order valence-corrected chi connectivity index (χ4v) is 4.31. The Morgan fingerprint density at radius 1 is 1.14 bits per heavy atom. The molecule has 0 unspecified atom stereocenters. The van der Waals surface area contributed by atoms with E-state index in [4.69, 9.17) is 4.74 Å². The number of amides is 1. The molecular weight excluding hydrogens is 382 g/mol. The van der Waals surface area contributed by atoms with Gasteiger partial charge in [-0.2, -0.15) is 4.31 Å². The van der Waals surface area contributed by atoms with E-state index in [0.29, 0.717) is 18.8 Å². The number of sulfonamides is 1. The Bertz CT molecular complexity index is 939. The minimum absolute atomic E-state index is 0.184. The van der Waals surface area contributed by atoms with Crippen LogP contribution < -0.4 is 5.32 Å². The summed E-state index contributed by atoms with van der Waals surface area (Å²) in [6.07, 6.45) is 3.58. The second-order valence-corrected chi connectivity index (χ2v) is 8.35. The summed E-state index contributed by atoms with van der Waals surface area (Å²) in [6.45, 7) is 2.51. The maximum atomic E-state index is 12.5. The number of anilines is 1. The minimum atomic E-state index is -3.50. The SMILES string of the molecule is C[C@H](OC(=O)c1cccnc1)C(=O)Nc1ccc(S(=O)(=O)N2CCCC2)cc1. The van der Waals surface area contributed by atoms with E-state index in [1.165, 1.54) is 47.9 Å². The summed E-state index contributed by atoms with van der Waals surface area (Å²) in [7, 11) is -3.50. The van der Waals surface area contributed by atoms with Gasteiger partial charge in [-0.15, -0.1) is 0 Å². The number of carbonyl (C=O) groups is 2. The number of rotatable bonds is 6. The summed E-state index contributed by atoms with van der Waals surface area (Å²) in [5.74, 6) is -1.17. The molecule has 1 aromatic carbocycles. The van der Waals surface area contributed by atoms with E-state index < -0.39 is 28.0 Å². The molecule has 0 bridgehead atoms. The minimum Gasteiger partial charge on any atom is -0.449 e. The van der Waals surface area contributed by atoms with Crippen LogP contribution >= 0.6 is 0 Å². The van der Waals surface area contributed by atoms with Gasteiger partial charge in [0.05, 0.1) is 10.5 Å². The Kier molecular flexibility index (Phi) is 6.05. The van der Waals surface area contributed by atoms with E-state index in [0.717, 1.165) is 12.8 Å². The molecule has 8 nitrogen and oxygen atoms in total. The van der Waals surface area contributed by atoms with E-state index in [9.17, 15) is 18.0 Å². The van der Waals surface area contributed by atoms with E-state index >= 15 is 0 Å². The number of hydrogen-bond acceptors (Lipinski definition) is 6. The summed E-state index contributed by atoms with van der Waals surface area (Å²) in [6, 6.07) is 9.07. The number of nitrogens with one attached hydrogen (secondary N) is 1. The molecule has 28 heavy (non-hydrogen) atoms. The summed E-state index contributed by atoms with van der Waals surface area (Å²) in [5, 5.41) is 2.61. The highest BCUT2D eigenvalue weighted by Gasteiger charge is 2.27. The summed E-state index contributed by atoms with van der Waals surface area (Å²) in [4.78, 5) is 28.2. The molecule has 0 saturated carbocycles. The van der Waals surface area contributed by atoms with Gasteiger partial charge in [0.2, 0.25) is 10.0 Å². The maximum absolute atomic E-state index is 12.5. The molecule has 0 radical (unpaired) electrons. The van der Waals surface area contributed by atoms with Crippen LogP contribution in [0.25, 0.3) is 0 Å². The van der Waals surface area contributed by atoms with E-state index in [-0.39, 0.29) is 10.5 Å². The summed E-state index contributed by atoms with van der Waals surface area (Å²) < 4.78 is 31.6. The van der Waals surface area contributed by atoms with Crippen molar-refractivity contribution in [3.8, 4) is 0 Å². The fraction of sp³-hybridized carbons (Fsp3) is 0.316. The molecule has 1 amide bonds. The van der Waals surface area contributed by atoms with Gasteiger partial charge in [-0.25, -0.2) is 13.2 Å². The predicted molar refractivity (Wildman–Crippen MR) is 102 cm³/mol. The Morgan fingerprint density at radius 3 is 2.43 bits per heavy atom. The number of aromatic nitrogens is 1. The molecule has 148 valence electrons. The third-order valence-corrected chi connectivity index (χ3v) is 6.29. The molecule has 1 aliphatic rings. The van der Waals surface area contributed by atoms with E-state index in [2.05, 4.69) is 10.3 Å². The molecule has 1 fully saturated rings. The molecular formula is C19H21N3O5S. The van der Waals surface area contributed by atoms with Gasteiger partial charge < -0.3 is 10.1 Å². The van der Waals surface area contributed by atoms with Crippen LogP contribution in [0.3, 0.4) is 0 Å². The highest BCUT2D eigenvalue weighted by Crippen LogP contribution is 2.22. The standard InChI is InChI=1S/C19H21N3O5S/c1-14(27-19(24)15-5-4-10-20-13-15)18(23)21-16-6-8-17(9-7-16)28(25,26)22-11-2-3-12-22/h4-10,13-14H,2-3,11-12H2,1H3,(H,21,23)/t14-/m0/s1. The van der Waals surface area contributed by atoms with Gasteiger partial charge in [0.15, 0.2) is 6.10 Å². The molecule has 1 atom stereocenters. The van der Waals surface area contributed by atoms with Crippen LogP contribution in [-0.2, 0) is 19.6 Å². The lowest BCUT2D eigenvalue weighted by Crippen LogP contribution is -2.30. The van der Waals surface area contributed by atoms with Crippen molar-refractivity contribution in [1.82, 2.24) is 9.29 Å². The van der Waals surface area contributed by atoms with Crippen LogP contribution in [0.1, 0.15) is 30.1 Å². The zero-order valence-corrected chi connectivity index (χ0v) is 16.2. The molecule has 9 heteroatoms. The van der Waals surface area contributed by atoms with Crippen molar-refractivity contribution >= 4 is 27.6 Å². The second kappa shape index (κ2) is 8.49. The predicted octanol–water partition coefficient (Wildman–Crippen LogP) is 2.05. The summed E-state index contributed by atoms with van der Waals surface area (Å²) in [5.41, 5.74) is 0.660. The Morgan fingerprint density at radius 2 is 1.82 bits per heavy atom. The molecule has 1 saturated heterocycles. The van der Waals surface area contributed by atoms with Gasteiger partial charge in [-0.1, -0.05) is 0 Å². The number of benzene rings is 1. The molecule has 1 aliphatic heterocycles.